The van der Waals surface area contributed by atoms with Crippen molar-refractivity contribution in [2.75, 3.05) is 13.1 Å². The number of hydrogen-bond acceptors (Lipinski definition) is 5. The molecule has 1 aliphatic heterocycles. The van der Waals surface area contributed by atoms with Crippen LogP contribution in [0.15, 0.2) is 29.1 Å². The van der Waals surface area contributed by atoms with E-state index < -0.39 is 18.2 Å². The summed E-state index contributed by atoms with van der Waals surface area (Å²) in [6.07, 6.45) is -5.22. The summed E-state index contributed by atoms with van der Waals surface area (Å²) in [6.45, 7) is -0.324. The Morgan fingerprint density at radius 2 is 1.89 bits per heavy atom. The minimum absolute atomic E-state index is 0.0944. The number of alkyl halides is 3. The van der Waals surface area contributed by atoms with E-state index in [0.29, 0.717) is 11.3 Å². The maximum absolute atomic E-state index is 12.4. The molecular formula is C17H17F3N4O4. The third-order valence-electron chi connectivity index (χ3n) is 4.34. The van der Waals surface area contributed by atoms with E-state index in [-0.39, 0.29) is 44.1 Å². The van der Waals surface area contributed by atoms with E-state index in [4.69, 9.17) is 4.74 Å². The number of H-pyrrole nitrogens is 1. The van der Waals surface area contributed by atoms with Gasteiger partial charge in [-0.25, -0.2) is 9.78 Å². The molecule has 3 rings (SSSR count). The van der Waals surface area contributed by atoms with Gasteiger partial charge in [-0.15, -0.1) is 0 Å². The van der Waals surface area contributed by atoms with E-state index in [2.05, 4.69) is 15.3 Å². The van der Waals surface area contributed by atoms with Crippen LogP contribution in [0.3, 0.4) is 0 Å². The van der Waals surface area contributed by atoms with E-state index >= 15 is 0 Å². The number of likely N-dealkylation sites (tertiary alicyclic amines) is 1. The quantitative estimate of drug-likeness (QED) is 0.819. The largest absolute Gasteiger partial charge is 0.471 e. The molecule has 2 aromatic heterocycles. The van der Waals surface area contributed by atoms with Crippen LogP contribution >= 0.6 is 0 Å². The highest BCUT2D eigenvalue weighted by Crippen LogP contribution is 2.21. The zero-order valence-corrected chi connectivity index (χ0v) is 14.6. The van der Waals surface area contributed by atoms with Gasteiger partial charge in [0.1, 0.15) is 12.3 Å². The number of alkyl carbamates (subject to hydrolysis) is 1. The molecule has 11 heteroatoms. The number of nitrogens with one attached hydrogen (secondary N) is 2. The standard InChI is InChI=1S/C17H17F3N4O4/c18-17(19,20)15(26)24-7-5-11(6-8-24)22-16(27)28-9-12-3-1-10-2-4-13(25)23-14(10)21-12/h1-4,11H,5-9H2,(H,22,27)(H,21,23,25). The number of aromatic amines is 1. The number of carbonyl (C=O) groups excluding carboxylic acids is 2. The zero-order valence-electron chi connectivity index (χ0n) is 14.6. The van der Waals surface area contributed by atoms with E-state index in [1.54, 1.807) is 18.2 Å². The first kappa shape index (κ1) is 19.6. The van der Waals surface area contributed by atoms with Crippen molar-refractivity contribution in [3.63, 3.8) is 0 Å². The van der Waals surface area contributed by atoms with Gasteiger partial charge in [0.25, 0.3) is 0 Å². The molecule has 0 aliphatic carbocycles. The SMILES string of the molecule is O=C(NC1CCN(C(=O)C(F)(F)F)CC1)OCc1ccc2ccc(=O)[nH]c2n1. The van der Waals surface area contributed by atoms with Gasteiger partial charge in [-0.05, 0) is 31.0 Å². The number of halogens is 3. The molecule has 0 atom stereocenters. The van der Waals surface area contributed by atoms with Gasteiger partial charge in [-0.3, -0.25) is 9.59 Å². The Morgan fingerprint density at radius 3 is 2.57 bits per heavy atom. The third-order valence-corrected chi connectivity index (χ3v) is 4.34. The van der Waals surface area contributed by atoms with Gasteiger partial charge in [-0.1, -0.05) is 0 Å². The second-order valence-corrected chi connectivity index (χ2v) is 6.35. The van der Waals surface area contributed by atoms with Crippen LogP contribution in [0.5, 0.6) is 0 Å². The molecule has 0 spiro atoms. The first-order valence-electron chi connectivity index (χ1n) is 8.51. The van der Waals surface area contributed by atoms with Crippen LogP contribution in [0.4, 0.5) is 18.0 Å². The number of aromatic nitrogens is 2. The molecule has 0 saturated carbocycles. The summed E-state index contributed by atoms with van der Waals surface area (Å²) in [4.78, 5) is 41.9. The number of piperidine rings is 1. The van der Waals surface area contributed by atoms with Crippen LogP contribution < -0.4 is 10.9 Å². The molecule has 150 valence electrons. The predicted octanol–water partition coefficient (Wildman–Crippen LogP) is 1.70. The maximum atomic E-state index is 12.4. The molecule has 0 aromatic carbocycles. The Bertz CT molecular complexity index is 936. The molecule has 3 heterocycles. The number of nitrogens with zero attached hydrogens (tertiary/aromatic N) is 2. The first-order valence-corrected chi connectivity index (χ1v) is 8.51. The molecule has 2 aromatic rings. The third kappa shape index (κ3) is 4.78. The van der Waals surface area contributed by atoms with Crippen molar-refractivity contribution in [1.82, 2.24) is 20.2 Å². The van der Waals surface area contributed by atoms with E-state index in [1.807, 2.05) is 0 Å². The number of ether oxygens (including phenoxy) is 1. The second-order valence-electron chi connectivity index (χ2n) is 6.35. The fraction of sp³-hybridized carbons (Fsp3) is 0.412. The molecule has 1 fully saturated rings. The van der Waals surface area contributed by atoms with Crippen LogP contribution in [0.25, 0.3) is 11.0 Å². The number of pyridine rings is 2. The van der Waals surface area contributed by atoms with E-state index in [9.17, 15) is 27.6 Å². The zero-order chi connectivity index (χ0) is 20.3. The Balaban J connectivity index is 1.48. The van der Waals surface area contributed by atoms with Gasteiger partial charge in [0.05, 0.1) is 5.69 Å². The van der Waals surface area contributed by atoms with Gasteiger partial charge < -0.3 is 19.9 Å². The molecule has 2 N–H and O–H groups in total. The number of fused-ring (bicyclic) bond motifs is 1. The van der Waals surface area contributed by atoms with Crippen molar-refractivity contribution in [2.45, 2.75) is 31.7 Å². The predicted molar refractivity (Wildman–Crippen MR) is 91.3 cm³/mol. The molecule has 28 heavy (non-hydrogen) atoms. The lowest BCUT2D eigenvalue weighted by Crippen LogP contribution is -2.50. The molecule has 1 aliphatic rings. The average Bonchev–Trinajstić information content (AvgIpc) is 2.65. The first-order chi connectivity index (χ1) is 13.2. The highest BCUT2D eigenvalue weighted by Gasteiger charge is 2.43. The Morgan fingerprint density at radius 1 is 1.21 bits per heavy atom. The fourth-order valence-corrected chi connectivity index (χ4v) is 2.90. The van der Waals surface area contributed by atoms with Crippen molar-refractivity contribution in [2.24, 2.45) is 0 Å². The molecule has 0 bridgehead atoms. The van der Waals surface area contributed by atoms with Gasteiger partial charge >= 0.3 is 18.2 Å². The lowest BCUT2D eigenvalue weighted by atomic mass is 10.1. The topological polar surface area (TPSA) is 104 Å². The highest BCUT2D eigenvalue weighted by atomic mass is 19.4. The lowest BCUT2D eigenvalue weighted by Gasteiger charge is -2.32. The summed E-state index contributed by atoms with van der Waals surface area (Å²) in [7, 11) is 0. The molecule has 2 amide bonds. The number of carbonyl (C=O) groups is 2. The van der Waals surface area contributed by atoms with Crippen molar-refractivity contribution in [3.05, 3.63) is 40.3 Å². The monoisotopic (exact) mass is 398 g/mol. The number of rotatable bonds is 3. The Hall–Kier alpha value is -3.11. The average molecular weight is 398 g/mol. The molecule has 0 radical (unpaired) electrons. The second kappa shape index (κ2) is 7.87. The Labute approximate surface area is 156 Å². The smallest absolute Gasteiger partial charge is 0.443 e. The minimum Gasteiger partial charge on any atom is -0.443 e. The molecular weight excluding hydrogens is 381 g/mol. The van der Waals surface area contributed by atoms with Crippen molar-refractivity contribution in [3.8, 4) is 0 Å². The van der Waals surface area contributed by atoms with Gasteiger partial charge in [0.2, 0.25) is 5.56 Å². The Kier molecular flexibility index (Phi) is 5.52. The van der Waals surface area contributed by atoms with Crippen LogP contribution in [-0.2, 0) is 16.1 Å². The van der Waals surface area contributed by atoms with Crippen molar-refractivity contribution < 1.29 is 27.5 Å². The molecule has 8 nitrogen and oxygen atoms in total. The number of hydrogen-bond donors (Lipinski definition) is 2. The van der Waals surface area contributed by atoms with Crippen molar-refractivity contribution >= 4 is 23.0 Å². The summed E-state index contributed by atoms with van der Waals surface area (Å²) < 4.78 is 42.3. The van der Waals surface area contributed by atoms with Gasteiger partial charge in [-0.2, -0.15) is 13.2 Å². The van der Waals surface area contributed by atoms with E-state index in [0.717, 1.165) is 10.3 Å². The number of amides is 2. The summed E-state index contributed by atoms with van der Waals surface area (Å²) in [5.41, 5.74) is 0.497. The van der Waals surface area contributed by atoms with Crippen LogP contribution in [0.1, 0.15) is 18.5 Å². The summed E-state index contributed by atoms with van der Waals surface area (Å²) in [6, 6.07) is 5.98. The van der Waals surface area contributed by atoms with Gasteiger partial charge in [0, 0.05) is 30.6 Å². The summed E-state index contributed by atoms with van der Waals surface area (Å²) >= 11 is 0. The van der Waals surface area contributed by atoms with Crippen LogP contribution in [0, 0.1) is 0 Å². The lowest BCUT2D eigenvalue weighted by molar-refractivity contribution is -0.186. The maximum Gasteiger partial charge on any atom is 0.471 e. The van der Waals surface area contributed by atoms with Gasteiger partial charge in [0.15, 0.2) is 0 Å². The van der Waals surface area contributed by atoms with Crippen LogP contribution in [-0.4, -0.2) is 52.2 Å². The van der Waals surface area contributed by atoms with Crippen LogP contribution in [0.2, 0.25) is 0 Å². The summed E-state index contributed by atoms with van der Waals surface area (Å²) in [5.74, 6) is -1.87. The van der Waals surface area contributed by atoms with E-state index in [1.165, 1.54) is 6.07 Å². The fourth-order valence-electron chi connectivity index (χ4n) is 2.90. The summed E-state index contributed by atoms with van der Waals surface area (Å²) in [5, 5.41) is 3.30. The molecule has 1 saturated heterocycles. The highest BCUT2D eigenvalue weighted by molar-refractivity contribution is 5.82. The minimum atomic E-state index is -4.89. The van der Waals surface area contributed by atoms with Crippen molar-refractivity contribution in [1.29, 1.82) is 0 Å². The molecule has 0 unspecified atom stereocenters. The normalized spacial score (nSPS) is 15.5.